The van der Waals surface area contributed by atoms with Crippen LogP contribution in [0.4, 0.5) is 0 Å². The smallest absolute Gasteiger partial charge is 0.324 e. The maximum atomic E-state index is 13.0. The third-order valence-corrected chi connectivity index (χ3v) is 7.28. The van der Waals surface area contributed by atoms with Gasteiger partial charge in [0.2, 0.25) is 0 Å². The predicted molar refractivity (Wildman–Crippen MR) is 112 cm³/mol. The molecule has 1 unspecified atom stereocenters. The second kappa shape index (κ2) is 9.41. The highest BCUT2D eigenvalue weighted by molar-refractivity contribution is 7.53. The second-order valence-electron chi connectivity index (χ2n) is 7.55. The fourth-order valence-corrected chi connectivity index (χ4v) is 4.65. The van der Waals surface area contributed by atoms with E-state index in [1.54, 1.807) is 27.2 Å². The summed E-state index contributed by atoms with van der Waals surface area (Å²) in [5.41, 5.74) is 0.325. The van der Waals surface area contributed by atoms with E-state index in [1.165, 1.54) is 22.0 Å². The first kappa shape index (κ1) is 22.0. The summed E-state index contributed by atoms with van der Waals surface area (Å²) in [6.07, 6.45) is 6.47. The highest BCUT2D eigenvalue weighted by Crippen LogP contribution is 2.47. The first-order chi connectivity index (χ1) is 13.9. The molecular weight excluding hydrogens is 395 g/mol. The largest absolute Gasteiger partial charge is 0.332 e. The fraction of sp³-hybridized carbons (Fsp3) is 0.737. The van der Waals surface area contributed by atoms with Crippen molar-refractivity contribution in [2.45, 2.75) is 59.0 Å². The summed E-state index contributed by atoms with van der Waals surface area (Å²) in [6, 6.07) is 0. The molecule has 1 saturated carbocycles. The number of hydrogen-bond acceptors (Lipinski definition) is 6. The standard InChI is InChI=1S/C19H31N4O5P/c1-4-27-29(26,5-2)28-12-8-6-7-11-23-18(24)16-17(21(3)19(23)25)20-14-22(16)13-15-9-10-15/h14-15H,4-13H2,1-3H3. The lowest BCUT2D eigenvalue weighted by atomic mass is 10.2. The molecule has 0 aromatic carbocycles. The Hall–Kier alpha value is -1.70. The van der Waals surface area contributed by atoms with Gasteiger partial charge in [-0.2, -0.15) is 0 Å². The van der Waals surface area contributed by atoms with Gasteiger partial charge in [0.05, 0.1) is 19.5 Å². The lowest BCUT2D eigenvalue weighted by Gasteiger charge is -2.15. The number of imidazole rings is 1. The number of rotatable bonds is 12. The molecule has 0 N–H and O–H groups in total. The van der Waals surface area contributed by atoms with E-state index in [2.05, 4.69) is 4.98 Å². The van der Waals surface area contributed by atoms with Crippen molar-refractivity contribution in [2.24, 2.45) is 13.0 Å². The minimum Gasteiger partial charge on any atom is -0.324 e. The topological polar surface area (TPSA) is 97.3 Å². The minimum atomic E-state index is -2.98. The quantitative estimate of drug-likeness (QED) is 0.382. The Morgan fingerprint density at radius 1 is 1.17 bits per heavy atom. The van der Waals surface area contributed by atoms with E-state index in [-0.39, 0.29) is 11.2 Å². The third-order valence-electron chi connectivity index (χ3n) is 5.28. The average Bonchev–Trinajstić information content (AvgIpc) is 3.42. The first-order valence-corrected chi connectivity index (χ1v) is 12.2. The molecule has 0 amide bonds. The molecule has 0 spiro atoms. The fourth-order valence-electron chi connectivity index (χ4n) is 3.41. The molecule has 2 aromatic rings. The molecule has 2 heterocycles. The lowest BCUT2D eigenvalue weighted by Crippen LogP contribution is -2.39. The molecule has 29 heavy (non-hydrogen) atoms. The van der Waals surface area contributed by atoms with E-state index in [9.17, 15) is 14.2 Å². The van der Waals surface area contributed by atoms with Crippen LogP contribution in [0.25, 0.3) is 11.2 Å². The number of unbranched alkanes of at least 4 members (excludes halogenated alkanes) is 2. The van der Waals surface area contributed by atoms with Crippen LogP contribution >= 0.6 is 7.60 Å². The highest BCUT2D eigenvalue weighted by Gasteiger charge is 2.24. The van der Waals surface area contributed by atoms with Gasteiger partial charge in [0.15, 0.2) is 11.2 Å². The summed E-state index contributed by atoms with van der Waals surface area (Å²) in [5, 5.41) is 0. The summed E-state index contributed by atoms with van der Waals surface area (Å²) in [5.74, 6) is 0.605. The Morgan fingerprint density at radius 2 is 1.93 bits per heavy atom. The van der Waals surface area contributed by atoms with Crippen molar-refractivity contribution < 1.29 is 13.6 Å². The van der Waals surface area contributed by atoms with Gasteiger partial charge in [-0.1, -0.05) is 6.92 Å². The van der Waals surface area contributed by atoms with E-state index in [0.29, 0.717) is 55.8 Å². The number of fused-ring (bicyclic) bond motifs is 1. The zero-order chi connectivity index (χ0) is 21.0. The van der Waals surface area contributed by atoms with Crippen LogP contribution in [0.5, 0.6) is 0 Å². The molecule has 10 heteroatoms. The van der Waals surface area contributed by atoms with Crippen LogP contribution in [-0.4, -0.2) is 38.1 Å². The normalized spacial score (nSPS) is 16.4. The van der Waals surface area contributed by atoms with Crippen molar-refractivity contribution in [3.63, 3.8) is 0 Å². The van der Waals surface area contributed by atoms with Gasteiger partial charge in [-0.15, -0.1) is 0 Å². The van der Waals surface area contributed by atoms with E-state index in [1.807, 2.05) is 4.57 Å². The van der Waals surface area contributed by atoms with Gasteiger partial charge in [-0.25, -0.2) is 9.78 Å². The summed E-state index contributed by atoms with van der Waals surface area (Å²) in [4.78, 5) is 29.9. The summed E-state index contributed by atoms with van der Waals surface area (Å²) < 4.78 is 27.5. The summed E-state index contributed by atoms with van der Waals surface area (Å²) in [6.45, 7) is 5.38. The van der Waals surface area contributed by atoms with Crippen molar-refractivity contribution in [2.75, 3.05) is 19.4 Å². The van der Waals surface area contributed by atoms with Crippen molar-refractivity contribution >= 4 is 18.8 Å². The third kappa shape index (κ3) is 5.08. The van der Waals surface area contributed by atoms with Gasteiger partial charge in [-0.3, -0.25) is 18.5 Å². The average molecular weight is 426 g/mol. The maximum absolute atomic E-state index is 13.0. The predicted octanol–water partition coefficient (Wildman–Crippen LogP) is 2.74. The van der Waals surface area contributed by atoms with Gasteiger partial charge in [0.1, 0.15) is 0 Å². The van der Waals surface area contributed by atoms with Gasteiger partial charge < -0.3 is 13.6 Å². The minimum absolute atomic E-state index is 0.274. The molecule has 1 aliphatic rings. The van der Waals surface area contributed by atoms with Crippen LogP contribution in [0.3, 0.4) is 0 Å². The Kier molecular flexibility index (Phi) is 7.14. The van der Waals surface area contributed by atoms with E-state index < -0.39 is 7.60 Å². The lowest BCUT2D eigenvalue weighted by molar-refractivity contribution is 0.209. The molecule has 3 rings (SSSR count). The van der Waals surface area contributed by atoms with E-state index >= 15 is 0 Å². The molecule has 0 saturated heterocycles. The number of nitrogens with zero attached hydrogens (tertiary/aromatic N) is 4. The molecule has 9 nitrogen and oxygen atoms in total. The van der Waals surface area contributed by atoms with Crippen LogP contribution in [0.1, 0.15) is 46.0 Å². The Morgan fingerprint density at radius 3 is 2.59 bits per heavy atom. The number of aryl methyl sites for hydroxylation is 1. The Bertz CT molecular complexity index is 1000. The molecular formula is C19H31N4O5P. The van der Waals surface area contributed by atoms with Crippen LogP contribution in [0.2, 0.25) is 0 Å². The molecule has 0 radical (unpaired) electrons. The van der Waals surface area contributed by atoms with Crippen molar-refractivity contribution in [3.05, 3.63) is 27.2 Å². The molecule has 0 bridgehead atoms. The number of hydrogen-bond donors (Lipinski definition) is 0. The molecule has 1 fully saturated rings. The number of aromatic nitrogens is 4. The van der Waals surface area contributed by atoms with E-state index in [0.717, 1.165) is 13.0 Å². The van der Waals surface area contributed by atoms with Crippen molar-refractivity contribution in [1.82, 2.24) is 18.7 Å². The second-order valence-corrected chi connectivity index (χ2v) is 9.92. The van der Waals surface area contributed by atoms with Crippen LogP contribution in [-0.2, 0) is 33.7 Å². The molecule has 1 atom stereocenters. The van der Waals surface area contributed by atoms with Crippen molar-refractivity contribution in [3.8, 4) is 0 Å². The van der Waals surface area contributed by atoms with Crippen molar-refractivity contribution in [1.29, 1.82) is 0 Å². The Balaban J connectivity index is 1.62. The molecule has 0 aliphatic heterocycles. The van der Waals surface area contributed by atoms with E-state index in [4.69, 9.17) is 9.05 Å². The zero-order valence-corrected chi connectivity index (χ0v) is 18.4. The summed E-state index contributed by atoms with van der Waals surface area (Å²) >= 11 is 0. The highest BCUT2D eigenvalue weighted by atomic mass is 31.2. The maximum Gasteiger partial charge on any atom is 0.332 e. The van der Waals surface area contributed by atoms with Gasteiger partial charge in [0, 0.05) is 26.3 Å². The molecule has 1 aliphatic carbocycles. The zero-order valence-electron chi connectivity index (χ0n) is 17.5. The SMILES string of the molecule is CCOP(=O)(CC)OCCCCCn1c(=O)c2c(ncn2CC2CC2)n(C)c1=O. The van der Waals surface area contributed by atoms with Gasteiger partial charge in [-0.05, 0) is 44.9 Å². The Labute approximate surface area is 170 Å². The molecule has 2 aromatic heterocycles. The first-order valence-electron chi connectivity index (χ1n) is 10.4. The van der Waals surface area contributed by atoms with Crippen LogP contribution < -0.4 is 11.2 Å². The van der Waals surface area contributed by atoms with Crippen LogP contribution in [0.15, 0.2) is 15.9 Å². The van der Waals surface area contributed by atoms with Gasteiger partial charge >= 0.3 is 13.3 Å². The van der Waals surface area contributed by atoms with Gasteiger partial charge in [0.25, 0.3) is 5.56 Å². The van der Waals surface area contributed by atoms with Crippen LogP contribution in [0, 0.1) is 5.92 Å². The monoisotopic (exact) mass is 426 g/mol. The summed E-state index contributed by atoms with van der Waals surface area (Å²) in [7, 11) is -1.33. The molecule has 162 valence electrons.